The molecule has 0 spiro atoms. The fourth-order valence-corrected chi connectivity index (χ4v) is 3.10. The number of aliphatic hydroxyl groups excluding tert-OH is 1. The molecule has 3 heteroatoms. The lowest BCUT2D eigenvalue weighted by Gasteiger charge is -2.31. The second-order valence-corrected chi connectivity index (χ2v) is 6.45. The highest BCUT2D eigenvalue weighted by Crippen LogP contribution is 2.17. The number of rotatable bonds is 6. The first-order valence-electron chi connectivity index (χ1n) is 8.00. The van der Waals surface area contributed by atoms with Crippen molar-refractivity contribution in [3.8, 4) is 0 Å². The molecule has 1 fully saturated rings. The molecule has 0 radical (unpaired) electrons. The molecule has 0 bridgehead atoms. The first-order valence-corrected chi connectivity index (χ1v) is 8.00. The minimum Gasteiger partial charge on any atom is -0.390 e. The van der Waals surface area contributed by atoms with E-state index in [4.69, 9.17) is 0 Å². The van der Waals surface area contributed by atoms with Crippen LogP contribution in [0.2, 0.25) is 0 Å². The molecule has 0 aromatic rings. The van der Waals surface area contributed by atoms with E-state index in [-0.39, 0.29) is 6.10 Å². The van der Waals surface area contributed by atoms with Gasteiger partial charge in [0.2, 0.25) is 0 Å². The number of nitrogens with zero attached hydrogens (tertiary/aromatic N) is 1. The number of piperidine rings is 1. The summed E-state index contributed by atoms with van der Waals surface area (Å²) in [4.78, 5) is 2.41. The zero-order valence-corrected chi connectivity index (χ0v) is 12.4. The maximum atomic E-state index is 10.1. The van der Waals surface area contributed by atoms with Gasteiger partial charge < -0.3 is 15.3 Å². The average Bonchev–Trinajstić information content (AvgIpc) is 2.43. The van der Waals surface area contributed by atoms with Crippen molar-refractivity contribution in [2.75, 3.05) is 32.7 Å². The number of aliphatic hydroxyl groups is 1. The summed E-state index contributed by atoms with van der Waals surface area (Å²) in [5, 5.41) is 13.5. The maximum Gasteiger partial charge on any atom is 0.0791 e. The van der Waals surface area contributed by atoms with E-state index >= 15 is 0 Å². The zero-order chi connectivity index (χ0) is 13.5. The molecular weight excluding hydrogens is 236 g/mol. The minimum atomic E-state index is -0.215. The van der Waals surface area contributed by atoms with Crippen LogP contribution in [0.1, 0.15) is 39.0 Å². The Hall–Kier alpha value is -0.380. The van der Waals surface area contributed by atoms with Crippen molar-refractivity contribution in [3.63, 3.8) is 0 Å². The van der Waals surface area contributed by atoms with Gasteiger partial charge in [-0.25, -0.2) is 0 Å². The third-order valence-electron chi connectivity index (χ3n) is 4.54. The molecule has 0 aromatic heterocycles. The normalized spacial score (nSPS) is 27.6. The molecule has 2 rings (SSSR count). The molecule has 1 heterocycles. The second-order valence-electron chi connectivity index (χ2n) is 6.45. The van der Waals surface area contributed by atoms with Crippen LogP contribution in [0.5, 0.6) is 0 Å². The van der Waals surface area contributed by atoms with Crippen LogP contribution < -0.4 is 5.32 Å². The summed E-state index contributed by atoms with van der Waals surface area (Å²) in [6.07, 6.45) is 10.7. The highest BCUT2D eigenvalue weighted by Gasteiger charge is 2.18. The van der Waals surface area contributed by atoms with Gasteiger partial charge in [0, 0.05) is 13.1 Å². The van der Waals surface area contributed by atoms with Crippen molar-refractivity contribution in [1.82, 2.24) is 10.2 Å². The highest BCUT2D eigenvalue weighted by atomic mass is 16.3. The number of β-amino-alcohol motifs (C(OH)–C–C–N with tert-alkyl or cyclic N) is 1. The zero-order valence-electron chi connectivity index (χ0n) is 12.4. The summed E-state index contributed by atoms with van der Waals surface area (Å²) < 4.78 is 0. The Morgan fingerprint density at radius 1 is 1.26 bits per heavy atom. The second kappa shape index (κ2) is 8.03. The standard InChI is InChI=1S/C16H30N2O/c1-14-7-9-18(10-8-14)13-16(19)12-17-11-15-5-3-2-4-6-15/h2-3,14-17,19H,4-13H2,1H3/t15-,16-/m0/s1. The average molecular weight is 266 g/mol. The smallest absolute Gasteiger partial charge is 0.0791 e. The fourth-order valence-electron chi connectivity index (χ4n) is 3.10. The number of likely N-dealkylation sites (tertiary alicyclic amines) is 1. The quantitative estimate of drug-likeness (QED) is 0.722. The van der Waals surface area contributed by atoms with Gasteiger partial charge in [-0.15, -0.1) is 0 Å². The van der Waals surface area contributed by atoms with Crippen molar-refractivity contribution < 1.29 is 5.11 Å². The Morgan fingerprint density at radius 3 is 2.74 bits per heavy atom. The van der Waals surface area contributed by atoms with E-state index in [1.807, 2.05) is 0 Å². The molecule has 2 aliphatic rings. The van der Waals surface area contributed by atoms with E-state index < -0.39 is 0 Å². The van der Waals surface area contributed by atoms with Crippen molar-refractivity contribution in [3.05, 3.63) is 12.2 Å². The van der Waals surface area contributed by atoms with E-state index in [1.165, 1.54) is 32.1 Å². The van der Waals surface area contributed by atoms with Gasteiger partial charge in [0.15, 0.2) is 0 Å². The summed E-state index contributed by atoms with van der Waals surface area (Å²) in [5.41, 5.74) is 0. The molecule has 2 N–H and O–H groups in total. The van der Waals surface area contributed by atoms with E-state index in [2.05, 4.69) is 29.3 Å². The van der Waals surface area contributed by atoms with E-state index in [0.717, 1.165) is 44.6 Å². The van der Waals surface area contributed by atoms with E-state index in [0.29, 0.717) is 0 Å². The maximum absolute atomic E-state index is 10.1. The van der Waals surface area contributed by atoms with Crippen LogP contribution in [-0.2, 0) is 0 Å². The van der Waals surface area contributed by atoms with Crippen LogP contribution in [0.15, 0.2) is 12.2 Å². The summed E-state index contributed by atoms with van der Waals surface area (Å²) in [7, 11) is 0. The van der Waals surface area contributed by atoms with Gasteiger partial charge in [0.05, 0.1) is 6.10 Å². The topological polar surface area (TPSA) is 35.5 Å². The molecule has 110 valence electrons. The van der Waals surface area contributed by atoms with E-state index in [1.54, 1.807) is 0 Å². The molecule has 0 aromatic carbocycles. The molecule has 0 amide bonds. The van der Waals surface area contributed by atoms with E-state index in [9.17, 15) is 5.11 Å². The molecule has 3 nitrogen and oxygen atoms in total. The molecule has 1 saturated heterocycles. The van der Waals surface area contributed by atoms with Crippen molar-refractivity contribution in [2.45, 2.75) is 45.1 Å². The summed E-state index contributed by atoms with van der Waals surface area (Å²) >= 11 is 0. The third kappa shape index (κ3) is 5.64. The summed E-state index contributed by atoms with van der Waals surface area (Å²) in [6.45, 7) is 7.28. The number of hydrogen-bond donors (Lipinski definition) is 2. The monoisotopic (exact) mass is 266 g/mol. The number of allylic oxidation sites excluding steroid dienone is 2. The molecule has 19 heavy (non-hydrogen) atoms. The Labute approximate surface area is 118 Å². The van der Waals surface area contributed by atoms with Gasteiger partial charge in [0.25, 0.3) is 0 Å². The fraction of sp³-hybridized carbons (Fsp3) is 0.875. The Morgan fingerprint density at radius 2 is 2.05 bits per heavy atom. The lowest BCUT2D eigenvalue weighted by molar-refractivity contribution is 0.0901. The first kappa shape index (κ1) is 15.0. The summed E-state index contributed by atoms with van der Waals surface area (Å²) in [5.74, 6) is 1.64. The Kier molecular flexibility index (Phi) is 6.35. The largest absolute Gasteiger partial charge is 0.390 e. The van der Waals surface area contributed by atoms with Crippen molar-refractivity contribution in [2.24, 2.45) is 11.8 Å². The Bertz CT molecular complexity index is 272. The van der Waals surface area contributed by atoms with Gasteiger partial charge in [-0.3, -0.25) is 0 Å². The van der Waals surface area contributed by atoms with Crippen molar-refractivity contribution >= 4 is 0 Å². The predicted molar refractivity (Wildman–Crippen MR) is 80.2 cm³/mol. The third-order valence-corrected chi connectivity index (χ3v) is 4.54. The summed E-state index contributed by atoms with van der Waals surface area (Å²) in [6, 6.07) is 0. The lowest BCUT2D eigenvalue weighted by atomic mass is 9.94. The molecule has 0 saturated carbocycles. The van der Waals surface area contributed by atoms with Gasteiger partial charge >= 0.3 is 0 Å². The predicted octanol–water partition coefficient (Wildman–Crippen LogP) is 2.03. The first-order chi connectivity index (χ1) is 9.24. The molecular formula is C16H30N2O. The number of nitrogens with one attached hydrogen (secondary N) is 1. The molecule has 1 aliphatic carbocycles. The molecule has 2 atom stereocenters. The number of hydrogen-bond acceptors (Lipinski definition) is 3. The van der Waals surface area contributed by atoms with Gasteiger partial charge in [-0.05, 0) is 63.6 Å². The van der Waals surface area contributed by atoms with Gasteiger partial charge in [0.1, 0.15) is 0 Å². The lowest BCUT2D eigenvalue weighted by Crippen LogP contribution is -2.42. The van der Waals surface area contributed by atoms with Crippen LogP contribution in [0.3, 0.4) is 0 Å². The minimum absolute atomic E-state index is 0.215. The van der Waals surface area contributed by atoms with Crippen LogP contribution in [0, 0.1) is 11.8 Å². The van der Waals surface area contributed by atoms with Crippen molar-refractivity contribution in [1.29, 1.82) is 0 Å². The van der Waals surface area contributed by atoms with Crippen LogP contribution in [-0.4, -0.2) is 48.8 Å². The SMILES string of the molecule is CC1CCN(C[C@@H](O)CNC[C@H]2CC=CCC2)CC1. The van der Waals surface area contributed by atoms with Gasteiger partial charge in [-0.1, -0.05) is 19.1 Å². The molecule has 0 unspecified atom stereocenters. The van der Waals surface area contributed by atoms with Crippen LogP contribution >= 0.6 is 0 Å². The van der Waals surface area contributed by atoms with Crippen LogP contribution in [0.4, 0.5) is 0 Å². The Balaban J connectivity index is 1.54. The van der Waals surface area contributed by atoms with Gasteiger partial charge in [-0.2, -0.15) is 0 Å². The van der Waals surface area contributed by atoms with Crippen LogP contribution in [0.25, 0.3) is 0 Å². The molecule has 1 aliphatic heterocycles. The highest BCUT2D eigenvalue weighted by molar-refractivity contribution is 4.90.